The summed E-state index contributed by atoms with van der Waals surface area (Å²) in [5.41, 5.74) is 6.92. The summed E-state index contributed by atoms with van der Waals surface area (Å²) in [6, 6.07) is 4.77. The maximum Gasteiger partial charge on any atom is 0.00989 e. The first-order chi connectivity index (χ1) is 7.77. The van der Waals surface area contributed by atoms with Crippen LogP contribution < -0.4 is 5.73 Å². The van der Waals surface area contributed by atoms with E-state index in [0.717, 1.165) is 6.42 Å². The van der Waals surface area contributed by atoms with E-state index in [0.29, 0.717) is 11.5 Å². The van der Waals surface area contributed by atoms with Crippen molar-refractivity contribution in [3.63, 3.8) is 0 Å². The molecule has 16 heavy (non-hydrogen) atoms. The Bertz CT molecular complexity index is 299. The fourth-order valence-electron chi connectivity index (χ4n) is 3.12. The van der Waals surface area contributed by atoms with Gasteiger partial charge in [-0.25, -0.2) is 0 Å². The van der Waals surface area contributed by atoms with Crippen LogP contribution in [0.5, 0.6) is 0 Å². The van der Waals surface area contributed by atoms with Crippen molar-refractivity contribution in [2.45, 2.75) is 57.9 Å². The van der Waals surface area contributed by atoms with Crippen molar-refractivity contribution in [3.05, 3.63) is 22.4 Å². The zero-order valence-electron chi connectivity index (χ0n) is 10.2. The van der Waals surface area contributed by atoms with Crippen LogP contribution in [0.1, 0.15) is 50.3 Å². The van der Waals surface area contributed by atoms with Crippen LogP contribution in [0.2, 0.25) is 0 Å². The quantitative estimate of drug-likeness (QED) is 0.823. The minimum Gasteiger partial charge on any atom is -0.327 e. The third-order valence-electron chi connectivity index (χ3n) is 4.37. The molecule has 2 N–H and O–H groups in total. The van der Waals surface area contributed by atoms with Gasteiger partial charge in [0.2, 0.25) is 0 Å². The highest BCUT2D eigenvalue weighted by Crippen LogP contribution is 2.44. The Labute approximate surface area is 103 Å². The highest BCUT2D eigenvalue weighted by atomic mass is 32.1. The average Bonchev–Trinajstić information content (AvgIpc) is 2.97. The highest BCUT2D eigenvalue weighted by Gasteiger charge is 2.37. The molecule has 0 aliphatic heterocycles. The first-order valence-electron chi connectivity index (χ1n) is 6.55. The zero-order valence-corrected chi connectivity index (χ0v) is 11.1. The Balaban J connectivity index is 1.89. The van der Waals surface area contributed by atoms with E-state index in [2.05, 4.69) is 24.4 Å². The second-order valence-electron chi connectivity index (χ2n) is 5.15. The topological polar surface area (TPSA) is 26.0 Å². The summed E-state index contributed by atoms with van der Waals surface area (Å²) >= 11 is 1.86. The number of hydrogen-bond donors (Lipinski definition) is 1. The predicted octanol–water partition coefficient (Wildman–Crippen LogP) is 3.98. The SMILES string of the molecule is CCC1(C(N)CCc2cccs2)CCCC1. The third kappa shape index (κ3) is 2.49. The largest absolute Gasteiger partial charge is 0.327 e. The molecule has 2 heteroatoms. The molecule has 1 nitrogen and oxygen atoms in total. The van der Waals surface area contributed by atoms with E-state index in [4.69, 9.17) is 5.73 Å². The molecule has 1 fully saturated rings. The van der Waals surface area contributed by atoms with Crippen molar-refractivity contribution < 1.29 is 0 Å². The van der Waals surface area contributed by atoms with Gasteiger partial charge in [0.25, 0.3) is 0 Å². The molecule has 0 radical (unpaired) electrons. The van der Waals surface area contributed by atoms with Gasteiger partial charge < -0.3 is 5.73 Å². The van der Waals surface area contributed by atoms with E-state index >= 15 is 0 Å². The molecule has 0 amide bonds. The summed E-state index contributed by atoms with van der Waals surface area (Å²) < 4.78 is 0. The maximum atomic E-state index is 6.45. The molecule has 1 aromatic heterocycles. The van der Waals surface area contributed by atoms with Gasteiger partial charge in [0.05, 0.1) is 0 Å². The number of rotatable bonds is 5. The Morgan fingerprint density at radius 3 is 2.75 bits per heavy atom. The van der Waals surface area contributed by atoms with E-state index < -0.39 is 0 Å². The van der Waals surface area contributed by atoms with Crippen LogP contribution in [-0.2, 0) is 6.42 Å². The van der Waals surface area contributed by atoms with E-state index in [-0.39, 0.29) is 0 Å². The average molecular weight is 237 g/mol. The molecule has 0 spiro atoms. The lowest BCUT2D eigenvalue weighted by Crippen LogP contribution is -2.39. The van der Waals surface area contributed by atoms with Crippen molar-refractivity contribution in [1.29, 1.82) is 0 Å². The fourth-order valence-corrected chi connectivity index (χ4v) is 3.85. The summed E-state index contributed by atoms with van der Waals surface area (Å²) in [5.74, 6) is 0. The molecule has 1 heterocycles. The van der Waals surface area contributed by atoms with Gasteiger partial charge in [-0.3, -0.25) is 0 Å². The zero-order chi connectivity index (χ0) is 11.4. The molecule has 1 aliphatic carbocycles. The lowest BCUT2D eigenvalue weighted by Gasteiger charge is -2.34. The van der Waals surface area contributed by atoms with E-state index in [9.17, 15) is 0 Å². The van der Waals surface area contributed by atoms with Crippen LogP contribution in [0.25, 0.3) is 0 Å². The van der Waals surface area contributed by atoms with E-state index in [1.54, 1.807) is 0 Å². The van der Waals surface area contributed by atoms with E-state index in [1.165, 1.54) is 43.4 Å². The Kier molecular flexibility index (Phi) is 4.04. The monoisotopic (exact) mass is 237 g/mol. The number of nitrogens with two attached hydrogens (primary N) is 1. The molecule has 0 bridgehead atoms. The van der Waals surface area contributed by atoms with Crippen LogP contribution in [0.4, 0.5) is 0 Å². The van der Waals surface area contributed by atoms with Gasteiger partial charge in [0.1, 0.15) is 0 Å². The highest BCUT2D eigenvalue weighted by molar-refractivity contribution is 7.09. The summed E-state index contributed by atoms with van der Waals surface area (Å²) in [7, 11) is 0. The Morgan fingerprint density at radius 1 is 1.44 bits per heavy atom. The molecule has 1 saturated carbocycles. The summed E-state index contributed by atoms with van der Waals surface area (Å²) in [5, 5.41) is 2.16. The second-order valence-corrected chi connectivity index (χ2v) is 6.18. The standard InChI is InChI=1S/C14H23NS/c1-2-14(9-3-4-10-14)13(15)8-7-12-6-5-11-16-12/h5-6,11,13H,2-4,7-10,15H2,1H3. The first-order valence-corrected chi connectivity index (χ1v) is 7.43. The number of aryl methyl sites for hydroxylation is 1. The number of thiophene rings is 1. The van der Waals surface area contributed by atoms with Gasteiger partial charge in [-0.15, -0.1) is 11.3 Å². The van der Waals surface area contributed by atoms with Crippen molar-refractivity contribution in [3.8, 4) is 0 Å². The van der Waals surface area contributed by atoms with Crippen molar-refractivity contribution in [2.75, 3.05) is 0 Å². The Hall–Kier alpha value is -0.340. The third-order valence-corrected chi connectivity index (χ3v) is 5.31. The van der Waals surface area contributed by atoms with Crippen LogP contribution >= 0.6 is 11.3 Å². The maximum absolute atomic E-state index is 6.45. The van der Waals surface area contributed by atoms with Crippen molar-refractivity contribution >= 4 is 11.3 Å². The van der Waals surface area contributed by atoms with Gasteiger partial charge in [-0.1, -0.05) is 25.8 Å². The predicted molar refractivity (Wildman–Crippen MR) is 71.8 cm³/mol. The molecular weight excluding hydrogens is 214 g/mol. The minimum atomic E-state index is 0.405. The first kappa shape index (κ1) is 12.1. The van der Waals surface area contributed by atoms with Gasteiger partial charge in [0.15, 0.2) is 0 Å². The molecule has 1 aliphatic rings. The van der Waals surface area contributed by atoms with Crippen LogP contribution in [0.15, 0.2) is 17.5 Å². The van der Waals surface area contributed by atoms with Crippen molar-refractivity contribution in [2.24, 2.45) is 11.1 Å². The molecule has 1 atom stereocenters. The summed E-state index contributed by atoms with van der Waals surface area (Å²) in [6.45, 7) is 2.32. The van der Waals surface area contributed by atoms with Gasteiger partial charge >= 0.3 is 0 Å². The molecule has 1 aromatic rings. The molecule has 2 rings (SSSR count). The molecule has 1 unspecified atom stereocenters. The van der Waals surface area contributed by atoms with Crippen LogP contribution in [0, 0.1) is 5.41 Å². The smallest absolute Gasteiger partial charge is 0.00989 e. The number of hydrogen-bond acceptors (Lipinski definition) is 2. The molecule has 0 saturated heterocycles. The second kappa shape index (κ2) is 5.33. The molecule has 90 valence electrons. The molecular formula is C14H23NS. The van der Waals surface area contributed by atoms with Gasteiger partial charge in [0, 0.05) is 10.9 Å². The fraction of sp³-hybridized carbons (Fsp3) is 0.714. The Morgan fingerprint density at radius 2 is 2.19 bits per heavy atom. The van der Waals surface area contributed by atoms with Gasteiger partial charge in [-0.2, -0.15) is 0 Å². The molecule has 0 aromatic carbocycles. The van der Waals surface area contributed by atoms with E-state index in [1.807, 2.05) is 11.3 Å². The minimum absolute atomic E-state index is 0.405. The summed E-state index contributed by atoms with van der Waals surface area (Å²) in [4.78, 5) is 1.49. The normalized spacial score (nSPS) is 21.1. The van der Waals surface area contributed by atoms with Crippen LogP contribution in [-0.4, -0.2) is 6.04 Å². The van der Waals surface area contributed by atoms with Gasteiger partial charge in [-0.05, 0) is 49.0 Å². The van der Waals surface area contributed by atoms with Crippen molar-refractivity contribution in [1.82, 2.24) is 0 Å². The lowest BCUT2D eigenvalue weighted by atomic mass is 9.75. The lowest BCUT2D eigenvalue weighted by molar-refractivity contribution is 0.211. The summed E-state index contributed by atoms with van der Waals surface area (Å²) in [6.07, 6.45) is 9.08. The van der Waals surface area contributed by atoms with Crippen LogP contribution in [0.3, 0.4) is 0 Å².